The Morgan fingerprint density at radius 3 is 2.23 bits per heavy atom. The van der Waals surface area contributed by atoms with Gasteiger partial charge in [-0.2, -0.15) is 0 Å². The van der Waals surface area contributed by atoms with E-state index in [-0.39, 0.29) is 0 Å². The molecule has 0 amide bonds. The fraction of sp³-hybridized carbons (Fsp3) is 1.00. The lowest BCUT2D eigenvalue weighted by atomic mass is 10.2. The molecule has 1 unspecified atom stereocenters. The van der Waals surface area contributed by atoms with Crippen LogP contribution in [0.4, 0.5) is 0 Å². The maximum absolute atomic E-state index is 5.48. The molecule has 0 aliphatic heterocycles. The number of hydrogen-bond acceptors (Lipinski definition) is 3. The summed E-state index contributed by atoms with van der Waals surface area (Å²) in [6, 6.07) is 0.403. The molecule has 0 aromatic heterocycles. The van der Waals surface area contributed by atoms with Crippen LogP contribution in [0.5, 0.6) is 0 Å². The average molecular weight is 190 g/mol. The van der Waals surface area contributed by atoms with E-state index >= 15 is 0 Å². The highest BCUT2D eigenvalue weighted by molar-refractivity contribution is 4.50. The van der Waals surface area contributed by atoms with Gasteiger partial charge in [0, 0.05) is 19.7 Å². The first kappa shape index (κ1) is 15.4. The third kappa shape index (κ3) is 24.5. The number of likely N-dealkylation sites (N-methyl/N-ethyl adjacent to an activating group) is 1. The third-order valence-corrected chi connectivity index (χ3v) is 1.57. The van der Waals surface area contributed by atoms with Crippen molar-refractivity contribution in [3.8, 4) is 0 Å². The Balaban J connectivity index is 0. The van der Waals surface area contributed by atoms with Crippen molar-refractivity contribution in [2.24, 2.45) is 5.73 Å². The molecular weight excluding hydrogens is 164 g/mol. The summed E-state index contributed by atoms with van der Waals surface area (Å²) in [5, 5.41) is 2.94. The molecule has 0 heterocycles. The molecule has 0 aliphatic rings. The van der Waals surface area contributed by atoms with Gasteiger partial charge in [0.25, 0.3) is 0 Å². The second kappa shape index (κ2) is 14.4. The topological polar surface area (TPSA) is 47.3 Å². The Morgan fingerprint density at radius 1 is 1.46 bits per heavy atom. The van der Waals surface area contributed by atoms with Gasteiger partial charge in [-0.3, -0.25) is 0 Å². The zero-order valence-corrected chi connectivity index (χ0v) is 9.60. The van der Waals surface area contributed by atoms with Crippen molar-refractivity contribution >= 4 is 0 Å². The van der Waals surface area contributed by atoms with Crippen LogP contribution in [0.2, 0.25) is 0 Å². The van der Waals surface area contributed by atoms with E-state index in [0.717, 1.165) is 13.2 Å². The van der Waals surface area contributed by atoms with E-state index < -0.39 is 0 Å². The van der Waals surface area contributed by atoms with E-state index in [4.69, 9.17) is 10.5 Å². The maximum atomic E-state index is 5.48. The Morgan fingerprint density at radius 2 is 2.08 bits per heavy atom. The number of rotatable bonds is 6. The predicted octanol–water partition coefficient (Wildman–Crippen LogP) is 1.38. The summed E-state index contributed by atoms with van der Waals surface area (Å²) >= 11 is 0. The summed E-state index contributed by atoms with van der Waals surface area (Å²) in [6.07, 6.45) is 3.72. The van der Waals surface area contributed by atoms with Crippen LogP contribution in [0.15, 0.2) is 0 Å². The van der Waals surface area contributed by atoms with Gasteiger partial charge in [-0.15, -0.1) is 0 Å². The molecule has 3 N–H and O–H groups in total. The molecule has 0 radical (unpaired) electrons. The molecule has 0 bridgehead atoms. The molecule has 13 heavy (non-hydrogen) atoms. The van der Waals surface area contributed by atoms with Crippen LogP contribution < -0.4 is 11.1 Å². The van der Waals surface area contributed by atoms with E-state index in [1.807, 2.05) is 7.05 Å². The van der Waals surface area contributed by atoms with Crippen LogP contribution in [0.3, 0.4) is 0 Å². The molecule has 0 saturated heterocycles. The highest BCUT2D eigenvalue weighted by Crippen LogP contribution is 1.95. The van der Waals surface area contributed by atoms with E-state index in [1.165, 1.54) is 19.3 Å². The molecule has 0 aromatic rings. The second-order valence-electron chi connectivity index (χ2n) is 3.22. The Kier molecular flexibility index (Phi) is 17.0. The summed E-state index contributed by atoms with van der Waals surface area (Å²) in [5.74, 6) is 0. The normalized spacial score (nSPS) is 11.8. The molecular formula is C10H26N2O. The lowest BCUT2D eigenvalue weighted by Crippen LogP contribution is -2.13. The van der Waals surface area contributed by atoms with Gasteiger partial charge >= 0.3 is 0 Å². The van der Waals surface area contributed by atoms with Gasteiger partial charge in [0.1, 0.15) is 0 Å². The van der Waals surface area contributed by atoms with Gasteiger partial charge in [0.05, 0.1) is 6.61 Å². The lowest BCUT2D eigenvalue weighted by Gasteiger charge is -1.99. The van der Waals surface area contributed by atoms with Crippen molar-refractivity contribution in [2.75, 3.05) is 27.3 Å². The van der Waals surface area contributed by atoms with Crippen molar-refractivity contribution in [3.63, 3.8) is 0 Å². The molecule has 0 fully saturated rings. The van der Waals surface area contributed by atoms with Gasteiger partial charge in [-0.05, 0) is 20.4 Å². The van der Waals surface area contributed by atoms with Gasteiger partial charge < -0.3 is 15.8 Å². The molecule has 3 nitrogen and oxygen atoms in total. The van der Waals surface area contributed by atoms with Crippen molar-refractivity contribution in [1.29, 1.82) is 0 Å². The van der Waals surface area contributed by atoms with Gasteiger partial charge in [-0.1, -0.05) is 19.8 Å². The molecule has 0 aromatic carbocycles. The van der Waals surface area contributed by atoms with Crippen LogP contribution >= 0.6 is 0 Å². The number of nitrogens with two attached hydrogens (primary N) is 1. The Bertz CT molecular complexity index is 73.3. The minimum Gasteiger partial charge on any atom is -0.383 e. The highest BCUT2D eigenvalue weighted by Gasteiger charge is 1.88. The van der Waals surface area contributed by atoms with Gasteiger partial charge in [0.15, 0.2) is 0 Å². The molecule has 1 atom stereocenters. The van der Waals surface area contributed by atoms with E-state index in [0.29, 0.717) is 6.04 Å². The first-order valence-corrected chi connectivity index (χ1v) is 5.08. The average Bonchev–Trinajstić information content (AvgIpc) is 2.12. The monoisotopic (exact) mass is 190 g/mol. The highest BCUT2D eigenvalue weighted by atomic mass is 16.5. The number of ether oxygens (including phenoxy) is 1. The summed E-state index contributed by atoms with van der Waals surface area (Å²) < 4.78 is 4.72. The Hall–Kier alpha value is -0.120. The van der Waals surface area contributed by atoms with Crippen LogP contribution in [-0.2, 0) is 4.74 Å². The van der Waals surface area contributed by atoms with Crippen molar-refractivity contribution < 1.29 is 4.74 Å². The summed E-state index contributed by atoms with van der Waals surface area (Å²) in [6.45, 7) is 5.98. The van der Waals surface area contributed by atoms with Crippen molar-refractivity contribution in [1.82, 2.24) is 5.32 Å². The fourth-order valence-electron chi connectivity index (χ4n) is 0.730. The molecule has 0 saturated carbocycles. The minimum absolute atomic E-state index is 0.403. The quantitative estimate of drug-likeness (QED) is 0.622. The summed E-state index contributed by atoms with van der Waals surface area (Å²) in [7, 11) is 3.59. The smallest absolute Gasteiger partial charge is 0.0587 e. The standard InChI is InChI=1S/C6H15N.C4H11NO/c1-3-4-5-6(2)7;1-5-3-4-6-2/h6H,3-5,7H2,1-2H3;5H,3-4H2,1-2H3. The van der Waals surface area contributed by atoms with Crippen LogP contribution in [0, 0.1) is 0 Å². The molecule has 0 spiro atoms. The van der Waals surface area contributed by atoms with E-state index in [9.17, 15) is 0 Å². The maximum Gasteiger partial charge on any atom is 0.0587 e. The minimum atomic E-state index is 0.403. The summed E-state index contributed by atoms with van der Waals surface area (Å²) in [4.78, 5) is 0. The number of hydrogen-bond donors (Lipinski definition) is 2. The first-order chi connectivity index (χ1) is 6.18. The SMILES string of the molecule is CCCCC(C)N.CNCCOC. The zero-order chi connectivity index (χ0) is 10.5. The Labute approximate surface area is 83.0 Å². The van der Waals surface area contributed by atoms with Crippen LogP contribution in [0.25, 0.3) is 0 Å². The lowest BCUT2D eigenvalue weighted by molar-refractivity contribution is 0.201. The van der Waals surface area contributed by atoms with E-state index in [2.05, 4.69) is 19.2 Å². The van der Waals surface area contributed by atoms with Crippen LogP contribution in [0.1, 0.15) is 33.1 Å². The predicted molar refractivity (Wildman–Crippen MR) is 59.0 cm³/mol. The molecule has 0 aliphatic carbocycles. The van der Waals surface area contributed by atoms with Gasteiger partial charge in [0.2, 0.25) is 0 Å². The number of methoxy groups -OCH3 is 1. The third-order valence-electron chi connectivity index (χ3n) is 1.57. The summed E-state index contributed by atoms with van der Waals surface area (Å²) in [5.41, 5.74) is 5.48. The van der Waals surface area contributed by atoms with Crippen LogP contribution in [-0.4, -0.2) is 33.4 Å². The zero-order valence-electron chi connectivity index (χ0n) is 9.60. The fourth-order valence-corrected chi connectivity index (χ4v) is 0.730. The van der Waals surface area contributed by atoms with Crippen molar-refractivity contribution in [3.05, 3.63) is 0 Å². The van der Waals surface area contributed by atoms with Gasteiger partial charge in [-0.25, -0.2) is 0 Å². The number of unbranched alkanes of at least 4 members (excludes halogenated alkanes) is 1. The van der Waals surface area contributed by atoms with E-state index in [1.54, 1.807) is 7.11 Å². The number of nitrogens with one attached hydrogen (secondary N) is 1. The molecule has 0 rings (SSSR count). The molecule has 3 heteroatoms. The first-order valence-electron chi connectivity index (χ1n) is 5.08. The largest absolute Gasteiger partial charge is 0.383 e. The van der Waals surface area contributed by atoms with Crippen molar-refractivity contribution in [2.45, 2.75) is 39.2 Å². The second-order valence-corrected chi connectivity index (χ2v) is 3.22. The molecule has 82 valence electrons.